The van der Waals surface area contributed by atoms with E-state index in [1.165, 1.54) is 7.11 Å². The fourth-order valence-electron chi connectivity index (χ4n) is 1.73. The van der Waals surface area contributed by atoms with Crippen molar-refractivity contribution in [2.45, 2.75) is 19.3 Å². The number of amides is 1. The molecular weight excluding hydrogens is 210 g/mol. The van der Waals surface area contributed by atoms with Gasteiger partial charge in [0.25, 0.3) is 0 Å². The lowest BCUT2D eigenvalue weighted by Crippen LogP contribution is -2.37. The average Bonchev–Trinajstić information content (AvgIpc) is 2.35. The summed E-state index contributed by atoms with van der Waals surface area (Å²) in [4.78, 5) is 24.5. The summed E-state index contributed by atoms with van der Waals surface area (Å²) in [5.74, 6) is -0.129. The number of hydrogen-bond acceptors (Lipinski definition) is 4. The summed E-state index contributed by atoms with van der Waals surface area (Å²) in [5, 5.41) is 0. The molecule has 1 fully saturated rings. The lowest BCUT2D eigenvalue weighted by atomic mass is 9.99. The van der Waals surface area contributed by atoms with Gasteiger partial charge in [0.05, 0.1) is 13.5 Å². The van der Waals surface area contributed by atoms with Gasteiger partial charge < -0.3 is 14.4 Å². The zero-order chi connectivity index (χ0) is 12.0. The molecule has 0 saturated carbocycles. The largest absolute Gasteiger partial charge is 0.469 e. The van der Waals surface area contributed by atoms with Crippen molar-refractivity contribution < 1.29 is 19.1 Å². The van der Waals surface area contributed by atoms with E-state index in [9.17, 15) is 9.59 Å². The first-order valence-corrected chi connectivity index (χ1v) is 5.54. The first-order valence-electron chi connectivity index (χ1n) is 5.54. The Hall–Kier alpha value is -1.10. The maximum absolute atomic E-state index is 11.9. The quantitative estimate of drug-likeness (QED) is 0.656. The second-order valence-electron chi connectivity index (χ2n) is 3.97. The van der Waals surface area contributed by atoms with Crippen molar-refractivity contribution in [1.82, 2.24) is 4.90 Å². The van der Waals surface area contributed by atoms with E-state index in [1.54, 1.807) is 11.9 Å². The van der Waals surface area contributed by atoms with Crippen LogP contribution in [0.25, 0.3) is 0 Å². The van der Waals surface area contributed by atoms with Gasteiger partial charge in [0, 0.05) is 32.7 Å². The Morgan fingerprint density at radius 2 is 2.00 bits per heavy atom. The van der Waals surface area contributed by atoms with E-state index in [-0.39, 0.29) is 24.2 Å². The highest BCUT2D eigenvalue weighted by atomic mass is 16.5. The molecule has 0 aliphatic carbocycles. The van der Waals surface area contributed by atoms with Crippen LogP contribution < -0.4 is 0 Å². The van der Waals surface area contributed by atoms with Crippen LogP contribution in [0.4, 0.5) is 0 Å². The third kappa shape index (κ3) is 3.81. The molecule has 1 rings (SSSR count). The fraction of sp³-hybridized carbons (Fsp3) is 0.818. The lowest BCUT2D eigenvalue weighted by Gasteiger charge is -2.26. The van der Waals surface area contributed by atoms with Gasteiger partial charge in [-0.2, -0.15) is 0 Å². The zero-order valence-electron chi connectivity index (χ0n) is 9.90. The molecule has 0 unspecified atom stereocenters. The number of methoxy groups -OCH3 is 1. The highest BCUT2D eigenvalue weighted by Crippen LogP contribution is 2.16. The molecule has 1 aliphatic rings. The topological polar surface area (TPSA) is 55.8 Å². The average molecular weight is 229 g/mol. The van der Waals surface area contributed by atoms with Crippen molar-refractivity contribution in [3.8, 4) is 0 Å². The number of nitrogens with zero attached hydrogens (tertiary/aromatic N) is 1. The Morgan fingerprint density at radius 1 is 1.38 bits per heavy atom. The van der Waals surface area contributed by atoms with Gasteiger partial charge in [0.15, 0.2) is 0 Å². The molecule has 0 radical (unpaired) electrons. The summed E-state index contributed by atoms with van der Waals surface area (Å²) in [5.41, 5.74) is 0. The molecule has 0 bridgehead atoms. The van der Waals surface area contributed by atoms with E-state index in [4.69, 9.17) is 4.74 Å². The van der Waals surface area contributed by atoms with Crippen LogP contribution in [0.3, 0.4) is 0 Å². The number of carbonyl (C=O) groups excluding carboxylic acids is 2. The van der Waals surface area contributed by atoms with E-state index in [2.05, 4.69) is 4.74 Å². The van der Waals surface area contributed by atoms with Gasteiger partial charge in [0.2, 0.25) is 5.91 Å². The van der Waals surface area contributed by atoms with Gasteiger partial charge >= 0.3 is 5.97 Å². The van der Waals surface area contributed by atoms with Crippen LogP contribution in [0.2, 0.25) is 0 Å². The van der Waals surface area contributed by atoms with Gasteiger partial charge in [-0.25, -0.2) is 0 Å². The van der Waals surface area contributed by atoms with Gasteiger partial charge in [0.1, 0.15) is 0 Å². The Labute approximate surface area is 95.7 Å². The Bertz CT molecular complexity index is 248. The summed E-state index contributed by atoms with van der Waals surface area (Å²) >= 11 is 0. The molecule has 0 aromatic rings. The van der Waals surface area contributed by atoms with Crippen LogP contribution in [0.1, 0.15) is 19.3 Å². The van der Waals surface area contributed by atoms with Crippen molar-refractivity contribution in [3.63, 3.8) is 0 Å². The van der Waals surface area contributed by atoms with Crippen molar-refractivity contribution in [2.24, 2.45) is 5.92 Å². The van der Waals surface area contributed by atoms with E-state index in [0.717, 1.165) is 12.8 Å². The van der Waals surface area contributed by atoms with Crippen LogP contribution in [-0.2, 0) is 19.1 Å². The van der Waals surface area contributed by atoms with Gasteiger partial charge in [-0.3, -0.25) is 9.59 Å². The second kappa shape index (κ2) is 6.48. The van der Waals surface area contributed by atoms with E-state index in [1.807, 2.05) is 0 Å². The summed E-state index contributed by atoms with van der Waals surface area (Å²) in [6.07, 6.45) is 1.81. The molecule has 1 heterocycles. The highest BCUT2D eigenvalue weighted by Gasteiger charge is 2.24. The van der Waals surface area contributed by atoms with Crippen LogP contribution >= 0.6 is 0 Å². The normalized spacial score (nSPS) is 16.9. The molecule has 0 atom stereocenters. The molecule has 16 heavy (non-hydrogen) atoms. The van der Waals surface area contributed by atoms with E-state index in [0.29, 0.717) is 19.8 Å². The van der Waals surface area contributed by atoms with Crippen LogP contribution in [0.5, 0.6) is 0 Å². The lowest BCUT2D eigenvalue weighted by molar-refractivity contribution is -0.142. The smallest absolute Gasteiger partial charge is 0.307 e. The minimum atomic E-state index is -0.286. The molecule has 0 aromatic heterocycles. The number of esters is 1. The minimum Gasteiger partial charge on any atom is -0.469 e. The van der Waals surface area contributed by atoms with Crippen LogP contribution in [0, 0.1) is 5.92 Å². The predicted octanol–water partition coefficient (Wildman–Crippen LogP) is 0.434. The molecule has 5 nitrogen and oxygen atoms in total. The molecule has 0 N–H and O–H groups in total. The Balaban J connectivity index is 2.31. The minimum absolute atomic E-state index is 0.0522. The predicted molar refractivity (Wildman–Crippen MR) is 57.8 cm³/mol. The zero-order valence-corrected chi connectivity index (χ0v) is 9.90. The van der Waals surface area contributed by atoms with Crippen molar-refractivity contribution in [2.75, 3.05) is 33.9 Å². The highest BCUT2D eigenvalue weighted by molar-refractivity contribution is 5.79. The molecule has 0 aromatic carbocycles. The molecule has 0 spiro atoms. The molecule has 92 valence electrons. The Kier molecular flexibility index (Phi) is 5.25. The van der Waals surface area contributed by atoms with Gasteiger partial charge in [-0.05, 0) is 12.8 Å². The summed E-state index contributed by atoms with van der Waals surface area (Å²) in [6.45, 7) is 1.73. The fourth-order valence-corrected chi connectivity index (χ4v) is 1.73. The second-order valence-corrected chi connectivity index (χ2v) is 3.97. The number of rotatable bonds is 4. The number of ether oxygens (including phenoxy) is 2. The monoisotopic (exact) mass is 229 g/mol. The third-order valence-corrected chi connectivity index (χ3v) is 2.83. The molecule has 1 saturated heterocycles. The first-order chi connectivity index (χ1) is 7.65. The van der Waals surface area contributed by atoms with Crippen molar-refractivity contribution in [3.05, 3.63) is 0 Å². The molecule has 5 heteroatoms. The maximum Gasteiger partial charge on any atom is 0.307 e. The third-order valence-electron chi connectivity index (χ3n) is 2.83. The van der Waals surface area contributed by atoms with E-state index < -0.39 is 0 Å². The first kappa shape index (κ1) is 13.0. The van der Waals surface area contributed by atoms with Gasteiger partial charge in [-0.15, -0.1) is 0 Å². The Morgan fingerprint density at radius 3 is 2.56 bits per heavy atom. The summed E-state index contributed by atoms with van der Waals surface area (Å²) in [7, 11) is 3.07. The van der Waals surface area contributed by atoms with Crippen LogP contribution in [-0.4, -0.2) is 50.7 Å². The molecule has 1 aliphatic heterocycles. The molecule has 1 amide bonds. The van der Waals surface area contributed by atoms with Gasteiger partial charge in [-0.1, -0.05) is 0 Å². The maximum atomic E-state index is 11.9. The summed E-state index contributed by atoms with van der Waals surface area (Å²) in [6, 6.07) is 0. The SMILES string of the molecule is COC(=O)CCN(C)C(=O)C1CCOCC1. The van der Waals surface area contributed by atoms with Crippen LogP contribution in [0.15, 0.2) is 0 Å². The van der Waals surface area contributed by atoms with Crippen molar-refractivity contribution >= 4 is 11.9 Å². The molecular formula is C11H19NO4. The number of hydrogen-bond donors (Lipinski definition) is 0. The van der Waals surface area contributed by atoms with Crippen molar-refractivity contribution in [1.29, 1.82) is 0 Å². The number of carbonyl (C=O) groups is 2. The standard InChI is InChI=1S/C11H19NO4/c1-12(6-3-10(13)15-2)11(14)9-4-7-16-8-5-9/h9H,3-8H2,1-2H3. The summed E-state index contributed by atoms with van der Waals surface area (Å²) < 4.78 is 9.73. The van der Waals surface area contributed by atoms with E-state index >= 15 is 0 Å².